The average molecular weight is 274 g/mol. The third-order valence-corrected chi connectivity index (χ3v) is 3.47. The highest BCUT2D eigenvalue weighted by atomic mass is 35.5. The van der Waals surface area contributed by atoms with E-state index in [1.54, 1.807) is 12.1 Å². The van der Waals surface area contributed by atoms with E-state index in [0.717, 1.165) is 12.4 Å². The molecule has 90 valence electrons. The lowest BCUT2D eigenvalue weighted by Gasteiger charge is -2.04. The molecule has 0 saturated heterocycles. The van der Waals surface area contributed by atoms with Gasteiger partial charge in [-0.3, -0.25) is 0 Å². The molecule has 0 saturated carbocycles. The summed E-state index contributed by atoms with van der Waals surface area (Å²) >= 11 is 5.47. The monoisotopic (exact) mass is 273 g/mol. The number of nitrogens with zero attached hydrogens (tertiary/aromatic N) is 2. The molecule has 0 aliphatic heterocycles. The van der Waals surface area contributed by atoms with Crippen molar-refractivity contribution in [3.8, 4) is 0 Å². The lowest BCUT2D eigenvalue weighted by atomic mass is 10.5. The fourth-order valence-electron chi connectivity index (χ4n) is 1.10. The number of hydrogen-bond acceptors (Lipinski definition) is 5. The van der Waals surface area contributed by atoms with Crippen LogP contribution in [0.1, 0.15) is 5.76 Å². The second-order valence-corrected chi connectivity index (χ2v) is 5.20. The summed E-state index contributed by atoms with van der Waals surface area (Å²) in [4.78, 5) is 7.16. The van der Waals surface area contributed by atoms with Crippen molar-refractivity contribution >= 4 is 21.6 Å². The van der Waals surface area contributed by atoms with E-state index in [1.807, 2.05) is 0 Å². The Morgan fingerprint density at radius 2 is 2.06 bits per heavy atom. The lowest BCUT2D eigenvalue weighted by Crippen LogP contribution is -2.23. The Morgan fingerprint density at radius 3 is 2.65 bits per heavy atom. The standard InChI is InChI=1S/C9H8ClN3O3S/c10-9-11-5-8(6-12-9)17(14,15)13-4-7-2-1-3-16-7/h1-3,5-6,13H,4H2. The van der Waals surface area contributed by atoms with E-state index in [0.29, 0.717) is 5.76 Å². The highest BCUT2D eigenvalue weighted by Gasteiger charge is 2.15. The number of sulfonamides is 1. The maximum atomic E-state index is 11.8. The van der Waals surface area contributed by atoms with Gasteiger partial charge in [-0.2, -0.15) is 0 Å². The zero-order chi connectivity index (χ0) is 12.3. The molecule has 2 heterocycles. The number of halogens is 1. The molecule has 6 nitrogen and oxygen atoms in total. The van der Waals surface area contributed by atoms with E-state index in [2.05, 4.69) is 14.7 Å². The summed E-state index contributed by atoms with van der Waals surface area (Å²) in [7, 11) is -3.65. The van der Waals surface area contributed by atoms with Gasteiger partial charge in [0.25, 0.3) is 0 Å². The van der Waals surface area contributed by atoms with Gasteiger partial charge in [0, 0.05) is 0 Å². The highest BCUT2D eigenvalue weighted by molar-refractivity contribution is 7.89. The molecule has 8 heteroatoms. The van der Waals surface area contributed by atoms with Gasteiger partial charge >= 0.3 is 0 Å². The van der Waals surface area contributed by atoms with E-state index >= 15 is 0 Å². The fourth-order valence-corrected chi connectivity index (χ4v) is 2.08. The smallest absolute Gasteiger partial charge is 0.244 e. The predicted octanol–water partition coefficient (Wildman–Crippen LogP) is 1.20. The molecule has 0 unspecified atom stereocenters. The Bertz CT molecular complexity index is 580. The van der Waals surface area contributed by atoms with Crippen LogP contribution in [0.3, 0.4) is 0 Å². The Labute approximate surface area is 103 Å². The van der Waals surface area contributed by atoms with Gasteiger partial charge in [-0.15, -0.1) is 0 Å². The molecule has 2 rings (SSSR count). The van der Waals surface area contributed by atoms with Crippen molar-refractivity contribution in [2.24, 2.45) is 0 Å². The van der Waals surface area contributed by atoms with Crippen molar-refractivity contribution in [2.75, 3.05) is 0 Å². The van der Waals surface area contributed by atoms with Crippen molar-refractivity contribution in [3.63, 3.8) is 0 Å². The summed E-state index contributed by atoms with van der Waals surface area (Å²) in [5, 5.41) is -0.00464. The Morgan fingerprint density at radius 1 is 1.35 bits per heavy atom. The van der Waals surface area contributed by atoms with Crippen molar-refractivity contribution in [3.05, 3.63) is 41.8 Å². The molecule has 0 bridgehead atoms. The van der Waals surface area contributed by atoms with Crippen LogP contribution >= 0.6 is 11.6 Å². The molecule has 0 atom stereocenters. The summed E-state index contributed by atoms with van der Waals surface area (Å²) in [5.41, 5.74) is 0. The lowest BCUT2D eigenvalue weighted by molar-refractivity contribution is 0.498. The molecule has 2 aromatic heterocycles. The summed E-state index contributed by atoms with van der Waals surface area (Å²) in [6, 6.07) is 3.34. The van der Waals surface area contributed by atoms with Gasteiger partial charge < -0.3 is 4.42 Å². The second kappa shape index (κ2) is 4.82. The van der Waals surface area contributed by atoms with Crippen LogP contribution in [0.5, 0.6) is 0 Å². The molecule has 17 heavy (non-hydrogen) atoms. The largest absolute Gasteiger partial charge is 0.468 e. The van der Waals surface area contributed by atoms with Gasteiger partial charge in [-0.25, -0.2) is 23.1 Å². The topological polar surface area (TPSA) is 85.1 Å². The molecular formula is C9H8ClN3O3S. The predicted molar refractivity (Wildman–Crippen MR) is 59.8 cm³/mol. The summed E-state index contributed by atoms with van der Waals surface area (Å²) in [6.07, 6.45) is 3.74. The molecule has 0 aliphatic rings. The van der Waals surface area contributed by atoms with E-state index in [9.17, 15) is 8.42 Å². The molecular weight excluding hydrogens is 266 g/mol. The zero-order valence-electron chi connectivity index (χ0n) is 8.50. The molecule has 2 aromatic rings. The van der Waals surface area contributed by atoms with E-state index in [1.165, 1.54) is 6.26 Å². The minimum absolute atomic E-state index is 0.00464. The quantitative estimate of drug-likeness (QED) is 0.846. The Balaban J connectivity index is 2.11. The van der Waals surface area contributed by atoms with Gasteiger partial charge in [0.15, 0.2) is 0 Å². The summed E-state index contributed by atoms with van der Waals surface area (Å²) in [5.74, 6) is 0.517. The molecule has 0 amide bonds. The first-order valence-electron chi connectivity index (χ1n) is 4.57. The molecule has 0 fully saturated rings. The SMILES string of the molecule is O=S(=O)(NCc1ccco1)c1cnc(Cl)nc1. The number of rotatable bonds is 4. The van der Waals surface area contributed by atoms with E-state index in [4.69, 9.17) is 16.0 Å². The molecule has 0 aromatic carbocycles. The van der Waals surface area contributed by atoms with E-state index < -0.39 is 10.0 Å². The van der Waals surface area contributed by atoms with Crippen LogP contribution in [-0.2, 0) is 16.6 Å². The van der Waals surface area contributed by atoms with Crippen LogP contribution in [0.15, 0.2) is 40.1 Å². The first-order valence-corrected chi connectivity index (χ1v) is 6.43. The van der Waals surface area contributed by atoms with Crippen LogP contribution in [0.25, 0.3) is 0 Å². The van der Waals surface area contributed by atoms with Gasteiger partial charge in [0.05, 0.1) is 25.2 Å². The van der Waals surface area contributed by atoms with E-state index in [-0.39, 0.29) is 16.7 Å². The fraction of sp³-hybridized carbons (Fsp3) is 0.111. The molecule has 0 radical (unpaired) electrons. The number of furan rings is 1. The molecule has 0 aliphatic carbocycles. The van der Waals surface area contributed by atoms with Crippen molar-refractivity contribution in [1.82, 2.24) is 14.7 Å². The normalized spacial score (nSPS) is 11.6. The zero-order valence-corrected chi connectivity index (χ0v) is 10.1. The average Bonchev–Trinajstić information content (AvgIpc) is 2.80. The van der Waals surface area contributed by atoms with Crippen molar-refractivity contribution < 1.29 is 12.8 Å². The first kappa shape index (κ1) is 12.0. The summed E-state index contributed by atoms with van der Waals surface area (Å²) in [6.45, 7) is 0.0674. The third-order valence-electron chi connectivity index (χ3n) is 1.92. The van der Waals surface area contributed by atoms with Crippen LogP contribution < -0.4 is 4.72 Å². The minimum atomic E-state index is -3.65. The number of nitrogens with one attached hydrogen (secondary N) is 1. The van der Waals surface area contributed by atoms with Crippen molar-refractivity contribution in [1.29, 1.82) is 0 Å². The van der Waals surface area contributed by atoms with Gasteiger partial charge in [0.1, 0.15) is 10.7 Å². The van der Waals surface area contributed by atoms with Gasteiger partial charge in [-0.05, 0) is 23.7 Å². The van der Waals surface area contributed by atoms with Crippen LogP contribution in [0.2, 0.25) is 5.28 Å². The summed E-state index contributed by atoms with van der Waals surface area (Å²) < 4.78 is 30.9. The van der Waals surface area contributed by atoms with Crippen LogP contribution in [-0.4, -0.2) is 18.4 Å². The van der Waals surface area contributed by atoms with Crippen LogP contribution in [0, 0.1) is 0 Å². The minimum Gasteiger partial charge on any atom is -0.468 e. The third kappa shape index (κ3) is 3.02. The molecule has 0 spiro atoms. The number of hydrogen-bond donors (Lipinski definition) is 1. The maximum Gasteiger partial charge on any atom is 0.244 e. The second-order valence-electron chi connectivity index (χ2n) is 3.09. The van der Waals surface area contributed by atoms with Crippen LogP contribution in [0.4, 0.5) is 0 Å². The first-order chi connectivity index (χ1) is 8.08. The molecule has 1 N–H and O–H groups in total. The maximum absolute atomic E-state index is 11.8. The Hall–Kier alpha value is -1.44. The Kier molecular flexibility index (Phi) is 3.41. The van der Waals surface area contributed by atoms with Gasteiger partial charge in [-0.1, -0.05) is 0 Å². The number of aromatic nitrogens is 2. The van der Waals surface area contributed by atoms with Crippen molar-refractivity contribution in [2.45, 2.75) is 11.4 Å². The highest BCUT2D eigenvalue weighted by Crippen LogP contribution is 2.08. The van der Waals surface area contributed by atoms with Gasteiger partial charge in [0.2, 0.25) is 15.3 Å².